The van der Waals surface area contributed by atoms with Gasteiger partial charge in [-0.15, -0.1) is 0 Å². The second-order valence-electron chi connectivity index (χ2n) is 3.60. The van der Waals surface area contributed by atoms with E-state index in [9.17, 15) is 0 Å². The lowest BCUT2D eigenvalue weighted by Crippen LogP contribution is -2.00. The van der Waals surface area contributed by atoms with Crippen LogP contribution in [0.25, 0.3) is 5.57 Å². The van der Waals surface area contributed by atoms with E-state index >= 15 is 0 Å². The fourth-order valence-electron chi connectivity index (χ4n) is 1.63. The highest BCUT2D eigenvalue weighted by atomic mass is 16.3. The number of aliphatic hydroxyl groups is 1. The Hall–Kier alpha value is -1.48. The number of aliphatic hydroxyl groups excluding tert-OH is 1. The van der Waals surface area contributed by atoms with E-state index in [1.807, 2.05) is 31.3 Å². The Morgan fingerprint density at radius 2 is 2.27 bits per heavy atom. The number of allylic oxidation sites excluding steroid dienone is 1. The first kappa shape index (κ1) is 10.1. The zero-order valence-electron chi connectivity index (χ0n) is 8.77. The van der Waals surface area contributed by atoms with Crippen LogP contribution in [0.15, 0.2) is 23.2 Å². The van der Waals surface area contributed by atoms with E-state index in [4.69, 9.17) is 5.11 Å². The van der Waals surface area contributed by atoms with E-state index < -0.39 is 0 Å². The predicted molar refractivity (Wildman–Crippen MR) is 60.8 cm³/mol. The summed E-state index contributed by atoms with van der Waals surface area (Å²) in [5.41, 5.74) is 4.01. The van der Waals surface area contributed by atoms with Crippen molar-refractivity contribution in [3.63, 3.8) is 0 Å². The molecule has 0 aromatic carbocycles. The molecule has 3 heteroatoms. The van der Waals surface area contributed by atoms with E-state index in [0.717, 1.165) is 29.9 Å². The second-order valence-corrected chi connectivity index (χ2v) is 3.60. The summed E-state index contributed by atoms with van der Waals surface area (Å²) >= 11 is 0. The summed E-state index contributed by atoms with van der Waals surface area (Å²) in [6.07, 6.45) is 4.78. The maximum absolute atomic E-state index is 9.04. The van der Waals surface area contributed by atoms with Gasteiger partial charge in [0.15, 0.2) is 0 Å². The topological polar surface area (TPSA) is 45.5 Å². The number of hydrogen-bond donors (Lipinski definition) is 1. The molecule has 0 atom stereocenters. The molecule has 0 saturated heterocycles. The molecule has 0 fully saturated rings. The van der Waals surface area contributed by atoms with Gasteiger partial charge in [0.1, 0.15) is 0 Å². The molecule has 2 heterocycles. The number of dihydropyridines is 1. The molecule has 1 N–H and O–H groups in total. The molecule has 0 amide bonds. The van der Waals surface area contributed by atoms with Crippen molar-refractivity contribution in [2.45, 2.75) is 20.0 Å². The van der Waals surface area contributed by atoms with Crippen molar-refractivity contribution >= 4 is 11.8 Å². The van der Waals surface area contributed by atoms with Crippen LogP contribution in [-0.4, -0.2) is 22.8 Å². The third-order valence-corrected chi connectivity index (χ3v) is 2.59. The summed E-state index contributed by atoms with van der Waals surface area (Å²) in [5.74, 6) is 0. The van der Waals surface area contributed by atoms with E-state index in [0.29, 0.717) is 0 Å². The van der Waals surface area contributed by atoms with Gasteiger partial charge in [-0.2, -0.15) is 0 Å². The zero-order valence-corrected chi connectivity index (χ0v) is 8.77. The number of nitrogens with zero attached hydrogens (tertiary/aromatic N) is 2. The lowest BCUT2D eigenvalue weighted by molar-refractivity contribution is 0.280. The average Bonchev–Trinajstić information content (AvgIpc) is 2.30. The van der Waals surface area contributed by atoms with Crippen LogP contribution in [0.2, 0.25) is 0 Å². The third-order valence-electron chi connectivity index (χ3n) is 2.59. The summed E-state index contributed by atoms with van der Waals surface area (Å²) in [4.78, 5) is 8.62. The molecule has 1 aromatic heterocycles. The molecule has 15 heavy (non-hydrogen) atoms. The summed E-state index contributed by atoms with van der Waals surface area (Å²) in [6.45, 7) is 2.82. The number of pyridine rings is 1. The minimum Gasteiger partial charge on any atom is -0.392 e. The lowest BCUT2D eigenvalue weighted by atomic mass is 10.1. The van der Waals surface area contributed by atoms with Crippen molar-refractivity contribution in [1.82, 2.24) is 4.98 Å². The molecule has 1 aliphatic rings. The Morgan fingerprint density at radius 1 is 1.40 bits per heavy atom. The van der Waals surface area contributed by atoms with Gasteiger partial charge < -0.3 is 5.11 Å². The van der Waals surface area contributed by atoms with Gasteiger partial charge in [0.05, 0.1) is 12.3 Å². The molecule has 78 valence electrons. The summed E-state index contributed by atoms with van der Waals surface area (Å²) in [6, 6.07) is 3.90. The fraction of sp³-hybridized carbons (Fsp3) is 0.333. The standard InChI is InChI=1S/C12H14N2O/c1-9-11(8-15)2-3-12(14-9)10-4-6-13-7-5-10/h2-4,6,15H,5,7-8H2,1H3. The molecular weight excluding hydrogens is 188 g/mol. The minimum absolute atomic E-state index is 0.0552. The second kappa shape index (κ2) is 4.36. The van der Waals surface area contributed by atoms with Gasteiger partial charge in [0, 0.05) is 18.5 Å². The van der Waals surface area contributed by atoms with Gasteiger partial charge in [-0.3, -0.25) is 9.98 Å². The minimum atomic E-state index is 0.0552. The zero-order chi connectivity index (χ0) is 10.7. The van der Waals surface area contributed by atoms with Crippen LogP contribution in [0, 0.1) is 6.92 Å². The number of aromatic nitrogens is 1. The molecule has 1 aromatic rings. The summed E-state index contributed by atoms with van der Waals surface area (Å²) in [5, 5.41) is 9.04. The Kier molecular flexibility index (Phi) is 2.92. The van der Waals surface area contributed by atoms with Gasteiger partial charge in [-0.05, 0) is 36.6 Å². The van der Waals surface area contributed by atoms with Crippen molar-refractivity contribution in [1.29, 1.82) is 0 Å². The monoisotopic (exact) mass is 202 g/mol. The number of hydrogen-bond acceptors (Lipinski definition) is 3. The molecule has 0 bridgehead atoms. The normalized spacial score (nSPS) is 15.2. The highest BCUT2D eigenvalue weighted by molar-refractivity contribution is 5.85. The molecule has 0 saturated carbocycles. The summed E-state index contributed by atoms with van der Waals surface area (Å²) < 4.78 is 0. The first-order valence-electron chi connectivity index (χ1n) is 5.08. The van der Waals surface area contributed by atoms with E-state index in [2.05, 4.69) is 9.98 Å². The van der Waals surface area contributed by atoms with E-state index in [1.165, 1.54) is 5.57 Å². The molecule has 3 nitrogen and oxygen atoms in total. The molecule has 1 aliphatic heterocycles. The van der Waals surface area contributed by atoms with Crippen LogP contribution >= 0.6 is 0 Å². The predicted octanol–water partition coefficient (Wildman–Crippen LogP) is 1.74. The molecule has 0 spiro atoms. The Morgan fingerprint density at radius 3 is 2.87 bits per heavy atom. The maximum Gasteiger partial charge on any atom is 0.0699 e. The Bertz CT molecular complexity index is 422. The highest BCUT2D eigenvalue weighted by Gasteiger charge is 2.07. The van der Waals surface area contributed by atoms with Crippen molar-refractivity contribution in [2.75, 3.05) is 6.54 Å². The molecule has 0 unspecified atom stereocenters. The van der Waals surface area contributed by atoms with Crippen LogP contribution < -0.4 is 0 Å². The molecule has 0 radical (unpaired) electrons. The number of aliphatic imine (C=N–C) groups is 1. The van der Waals surface area contributed by atoms with E-state index in [-0.39, 0.29) is 6.61 Å². The van der Waals surface area contributed by atoms with Crippen molar-refractivity contribution in [3.8, 4) is 0 Å². The Labute approximate surface area is 89.2 Å². The van der Waals surface area contributed by atoms with Gasteiger partial charge >= 0.3 is 0 Å². The summed E-state index contributed by atoms with van der Waals surface area (Å²) in [7, 11) is 0. The first-order valence-corrected chi connectivity index (χ1v) is 5.08. The van der Waals surface area contributed by atoms with Gasteiger partial charge in [-0.25, -0.2) is 0 Å². The SMILES string of the molecule is Cc1nc(C2=CC=NCC2)ccc1CO. The van der Waals surface area contributed by atoms with E-state index in [1.54, 1.807) is 0 Å². The van der Waals surface area contributed by atoms with Gasteiger partial charge in [-0.1, -0.05) is 6.07 Å². The average molecular weight is 202 g/mol. The van der Waals surface area contributed by atoms with Crippen LogP contribution in [0.3, 0.4) is 0 Å². The third kappa shape index (κ3) is 2.13. The smallest absolute Gasteiger partial charge is 0.0699 e. The quantitative estimate of drug-likeness (QED) is 0.794. The van der Waals surface area contributed by atoms with Crippen molar-refractivity contribution in [2.24, 2.45) is 4.99 Å². The van der Waals surface area contributed by atoms with Crippen LogP contribution in [0.5, 0.6) is 0 Å². The maximum atomic E-state index is 9.04. The largest absolute Gasteiger partial charge is 0.392 e. The van der Waals surface area contributed by atoms with Gasteiger partial charge in [0.25, 0.3) is 0 Å². The van der Waals surface area contributed by atoms with Crippen LogP contribution in [0.4, 0.5) is 0 Å². The first-order chi connectivity index (χ1) is 7.31. The van der Waals surface area contributed by atoms with Crippen molar-refractivity contribution in [3.05, 3.63) is 35.2 Å². The van der Waals surface area contributed by atoms with Crippen molar-refractivity contribution < 1.29 is 5.11 Å². The fourth-order valence-corrected chi connectivity index (χ4v) is 1.63. The Balaban J connectivity index is 2.33. The molecular formula is C12H14N2O. The highest BCUT2D eigenvalue weighted by Crippen LogP contribution is 2.19. The molecule has 2 rings (SSSR count). The number of aryl methyl sites for hydroxylation is 1. The van der Waals surface area contributed by atoms with Crippen LogP contribution in [0.1, 0.15) is 23.4 Å². The lowest BCUT2D eigenvalue weighted by Gasteiger charge is -2.10. The molecule has 0 aliphatic carbocycles. The van der Waals surface area contributed by atoms with Gasteiger partial charge in [0.2, 0.25) is 0 Å². The van der Waals surface area contributed by atoms with Crippen LogP contribution in [-0.2, 0) is 6.61 Å². The number of rotatable bonds is 2.